The van der Waals surface area contributed by atoms with Crippen molar-refractivity contribution in [2.45, 2.75) is 13.8 Å². The molecule has 2 nitrogen and oxygen atoms in total. The van der Waals surface area contributed by atoms with Crippen LogP contribution in [0.1, 0.15) is 11.1 Å². The van der Waals surface area contributed by atoms with Crippen LogP contribution in [-0.4, -0.2) is 4.98 Å². The monoisotopic (exact) mass is 400 g/mol. The van der Waals surface area contributed by atoms with Crippen LogP contribution < -0.4 is 4.90 Å². The van der Waals surface area contributed by atoms with Gasteiger partial charge in [-0.1, -0.05) is 71.8 Å². The number of aromatic nitrogens is 1. The third-order valence-corrected chi connectivity index (χ3v) is 5.66. The van der Waals surface area contributed by atoms with Crippen molar-refractivity contribution in [3.63, 3.8) is 0 Å². The molecule has 1 heterocycles. The van der Waals surface area contributed by atoms with Crippen LogP contribution in [0.4, 0.5) is 17.1 Å². The number of hydrogen-bond acceptors (Lipinski definition) is 2. The summed E-state index contributed by atoms with van der Waals surface area (Å²) in [4.78, 5) is 6.96. The van der Waals surface area contributed by atoms with E-state index in [4.69, 9.17) is 0 Å². The van der Waals surface area contributed by atoms with Gasteiger partial charge in [-0.2, -0.15) is 0 Å². The van der Waals surface area contributed by atoms with Gasteiger partial charge in [-0.05, 0) is 61.7 Å². The minimum absolute atomic E-state index is 1.02. The molecule has 0 radical (unpaired) electrons. The first-order valence-corrected chi connectivity index (χ1v) is 10.6. The van der Waals surface area contributed by atoms with Crippen molar-refractivity contribution in [1.29, 1.82) is 0 Å². The van der Waals surface area contributed by atoms with Crippen molar-refractivity contribution >= 4 is 27.8 Å². The highest BCUT2D eigenvalue weighted by molar-refractivity contribution is 5.94. The molecule has 0 aliphatic heterocycles. The Labute approximate surface area is 183 Å². The third kappa shape index (κ3) is 3.80. The zero-order valence-electron chi connectivity index (χ0n) is 17.8. The maximum Gasteiger partial charge on any atom is 0.0780 e. The molecule has 0 fully saturated rings. The summed E-state index contributed by atoms with van der Waals surface area (Å²) in [5, 5.41) is 2.38. The van der Waals surface area contributed by atoms with Gasteiger partial charge in [0.15, 0.2) is 0 Å². The minimum Gasteiger partial charge on any atom is -0.311 e. The fraction of sp³-hybridized carbons (Fsp3) is 0.0690. The molecule has 5 aromatic rings. The highest BCUT2D eigenvalue weighted by atomic mass is 15.1. The Balaban J connectivity index is 1.59. The van der Waals surface area contributed by atoms with Gasteiger partial charge in [0.25, 0.3) is 0 Å². The molecule has 0 amide bonds. The number of fused-ring (bicyclic) bond motifs is 1. The van der Waals surface area contributed by atoms with Crippen LogP contribution in [0.3, 0.4) is 0 Å². The van der Waals surface area contributed by atoms with E-state index in [1.165, 1.54) is 21.9 Å². The number of anilines is 3. The van der Waals surface area contributed by atoms with Crippen LogP contribution in [0.5, 0.6) is 0 Å². The summed E-state index contributed by atoms with van der Waals surface area (Å²) >= 11 is 0. The molecule has 4 aromatic carbocycles. The molecule has 5 rings (SSSR count). The van der Waals surface area contributed by atoms with E-state index in [1.54, 1.807) is 0 Å². The zero-order valence-corrected chi connectivity index (χ0v) is 17.8. The van der Waals surface area contributed by atoms with E-state index < -0.39 is 0 Å². The SMILES string of the molecule is Cc1ccc(N(c2ccc(C)cc2)c2ccc(-c3nccc4ccccc34)cc2)cc1. The van der Waals surface area contributed by atoms with Crippen LogP contribution >= 0.6 is 0 Å². The standard InChI is InChI=1S/C29H24N2/c1-21-7-13-25(14-8-21)31(26-15-9-22(2)10-16-26)27-17-11-24(12-18-27)29-28-6-4-3-5-23(28)19-20-30-29/h3-20H,1-2H3. The smallest absolute Gasteiger partial charge is 0.0780 e. The Morgan fingerprint density at radius 2 is 1.06 bits per heavy atom. The summed E-state index contributed by atoms with van der Waals surface area (Å²) in [5.41, 5.74) is 8.05. The van der Waals surface area contributed by atoms with Gasteiger partial charge in [0, 0.05) is 34.2 Å². The van der Waals surface area contributed by atoms with Crippen molar-refractivity contribution < 1.29 is 0 Å². The number of benzene rings is 4. The second-order valence-electron chi connectivity index (χ2n) is 7.93. The molecule has 0 N–H and O–H groups in total. The fourth-order valence-electron chi connectivity index (χ4n) is 3.95. The van der Waals surface area contributed by atoms with Crippen molar-refractivity contribution in [2.75, 3.05) is 4.90 Å². The maximum absolute atomic E-state index is 4.67. The fourth-order valence-corrected chi connectivity index (χ4v) is 3.95. The highest BCUT2D eigenvalue weighted by Crippen LogP contribution is 2.36. The molecule has 31 heavy (non-hydrogen) atoms. The normalized spacial score (nSPS) is 10.9. The van der Waals surface area contributed by atoms with Gasteiger partial charge in [-0.3, -0.25) is 4.98 Å². The first kappa shape index (κ1) is 19.1. The average molecular weight is 401 g/mol. The first-order chi connectivity index (χ1) is 15.2. The van der Waals surface area contributed by atoms with E-state index in [-0.39, 0.29) is 0 Å². The molecular formula is C29H24N2. The molecule has 0 aliphatic carbocycles. The van der Waals surface area contributed by atoms with Crippen LogP contribution in [0.15, 0.2) is 109 Å². The molecule has 2 heteroatoms. The Morgan fingerprint density at radius 3 is 1.65 bits per heavy atom. The molecule has 0 unspecified atom stereocenters. The molecule has 150 valence electrons. The van der Waals surface area contributed by atoms with Crippen molar-refractivity contribution in [3.8, 4) is 11.3 Å². The second kappa shape index (κ2) is 8.08. The number of rotatable bonds is 4. The van der Waals surface area contributed by atoms with Gasteiger partial charge >= 0.3 is 0 Å². The molecular weight excluding hydrogens is 376 g/mol. The van der Waals surface area contributed by atoms with Gasteiger partial charge in [0.05, 0.1) is 5.69 Å². The van der Waals surface area contributed by atoms with Gasteiger partial charge in [-0.15, -0.1) is 0 Å². The van der Waals surface area contributed by atoms with E-state index in [9.17, 15) is 0 Å². The van der Waals surface area contributed by atoms with E-state index in [0.717, 1.165) is 28.3 Å². The van der Waals surface area contributed by atoms with Crippen LogP contribution in [0, 0.1) is 13.8 Å². The predicted molar refractivity (Wildman–Crippen MR) is 131 cm³/mol. The van der Waals surface area contributed by atoms with Gasteiger partial charge in [0.2, 0.25) is 0 Å². The maximum atomic E-state index is 4.67. The number of pyridine rings is 1. The third-order valence-electron chi connectivity index (χ3n) is 5.66. The highest BCUT2D eigenvalue weighted by Gasteiger charge is 2.13. The Hall–Kier alpha value is -3.91. The van der Waals surface area contributed by atoms with Crippen molar-refractivity contribution in [1.82, 2.24) is 4.98 Å². The zero-order chi connectivity index (χ0) is 21.2. The lowest BCUT2D eigenvalue weighted by Gasteiger charge is -2.26. The lowest BCUT2D eigenvalue weighted by atomic mass is 10.0. The van der Waals surface area contributed by atoms with Crippen LogP contribution in [0.25, 0.3) is 22.0 Å². The number of aryl methyl sites for hydroxylation is 2. The van der Waals surface area contributed by atoms with E-state index >= 15 is 0 Å². The number of nitrogens with zero attached hydrogens (tertiary/aromatic N) is 2. The van der Waals surface area contributed by atoms with Crippen LogP contribution in [-0.2, 0) is 0 Å². The van der Waals surface area contributed by atoms with E-state index in [0.29, 0.717) is 0 Å². The summed E-state index contributed by atoms with van der Waals surface area (Å²) in [5.74, 6) is 0. The van der Waals surface area contributed by atoms with Crippen molar-refractivity contribution in [2.24, 2.45) is 0 Å². The van der Waals surface area contributed by atoms with Gasteiger partial charge in [-0.25, -0.2) is 0 Å². The Kier molecular flexibility index (Phi) is 4.97. The molecule has 0 bridgehead atoms. The molecule has 0 atom stereocenters. The molecule has 0 saturated carbocycles. The summed E-state index contributed by atoms with van der Waals surface area (Å²) in [6.45, 7) is 4.23. The lowest BCUT2D eigenvalue weighted by molar-refractivity contribution is 1.27. The Morgan fingerprint density at radius 1 is 0.548 bits per heavy atom. The predicted octanol–water partition coefficient (Wildman–Crippen LogP) is 7.99. The summed E-state index contributed by atoms with van der Waals surface area (Å²) in [6.07, 6.45) is 1.89. The molecule has 1 aromatic heterocycles. The molecule has 0 spiro atoms. The van der Waals surface area contributed by atoms with Crippen LogP contribution in [0.2, 0.25) is 0 Å². The minimum atomic E-state index is 1.02. The lowest BCUT2D eigenvalue weighted by Crippen LogP contribution is -2.09. The summed E-state index contributed by atoms with van der Waals surface area (Å²) in [7, 11) is 0. The summed E-state index contributed by atoms with van der Waals surface area (Å²) in [6, 6.07) is 36.5. The largest absolute Gasteiger partial charge is 0.311 e. The van der Waals surface area contributed by atoms with E-state index in [1.807, 2.05) is 6.20 Å². The quantitative estimate of drug-likeness (QED) is 0.304. The van der Waals surface area contributed by atoms with Gasteiger partial charge in [0.1, 0.15) is 0 Å². The Bertz CT molecular complexity index is 1270. The molecule has 0 aliphatic rings. The average Bonchev–Trinajstić information content (AvgIpc) is 2.82. The summed E-state index contributed by atoms with van der Waals surface area (Å²) < 4.78 is 0. The second-order valence-corrected chi connectivity index (χ2v) is 7.93. The number of hydrogen-bond donors (Lipinski definition) is 0. The topological polar surface area (TPSA) is 16.1 Å². The van der Waals surface area contributed by atoms with E-state index in [2.05, 4.69) is 127 Å². The van der Waals surface area contributed by atoms with Gasteiger partial charge < -0.3 is 4.90 Å². The van der Waals surface area contributed by atoms with Crippen molar-refractivity contribution in [3.05, 3.63) is 120 Å². The first-order valence-electron chi connectivity index (χ1n) is 10.6. The molecule has 0 saturated heterocycles.